The molecule has 1 aliphatic heterocycles. The Morgan fingerprint density at radius 1 is 1.17 bits per heavy atom. The fraction of sp³-hybridized carbons (Fsp3) is 0.308. The molecule has 0 unspecified atom stereocenters. The predicted molar refractivity (Wildman–Crippen MR) is 66.2 cm³/mol. The van der Waals surface area contributed by atoms with Crippen LogP contribution in [0.3, 0.4) is 0 Å². The molecule has 0 aliphatic carbocycles. The van der Waals surface area contributed by atoms with Gasteiger partial charge in [0.15, 0.2) is 0 Å². The number of benzene rings is 1. The Bertz CT molecular complexity index is 771. The molecule has 3 rings (SSSR count). The first-order valence-corrected chi connectivity index (χ1v) is 6.48. The first kappa shape index (κ1) is 15.4. The summed E-state index contributed by atoms with van der Waals surface area (Å²) in [7, 11) is 0. The predicted octanol–water partition coefficient (Wildman–Crippen LogP) is 3.16. The van der Waals surface area contributed by atoms with E-state index in [2.05, 4.69) is 14.7 Å². The van der Waals surface area contributed by atoms with Gasteiger partial charge in [0.25, 0.3) is 0 Å². The molecule has 1 aliphatic rings. The molecule has 5 nitrogen and oxygen atoms in total. The van der Waals surface area contributed by atoms with Gasteiger partial charge in [-0.2, -0.15) is 18.2 Å². The quantitative estimate of drug-likeness (QED) is 0.792. The Hall–Kier alpha value is -2.52. The van der Waals surface area contributed by atoms with Crippen molar-refractivity contribution in [3.05, 3.63) is 29.7 Å². The first-order chi connectivity index (χ1) is 10.8. The largest absolute Gasteiger partial charge is 0.471 e. The van der Waals surface area contributed by atoms with E-state index in [-0.39, 0.29) is 24.6 Å². The monoisotopic (exact) mass is 333 g/mol. The number of carbonyl (C=O) groups is 1. The highest BCUT2D eigenvalue weighted by Gasteiger charge is 2.39. The summed E-state index contributed by atoms with van der Waals surface area (Å²) >= 11 is 0. The molecule has 0 bridgehead atoms. The van der Waals surface area contributed by atoms with Crippen molar-refractivity contribution in [1.29, 1.82) is 0 Å². The van der Waals surface area contributed by atoms with Gasteiger partial charge in [-0.15, -0.1) is 0 Å². The van der Waals surface area contributed by atoms with Crippen LogP contribution in [-0.2, 0) is 11.0 Å². The van der Waals surface area contributed by atoms with Crippen molar-refractivity contribution in [2.45, 2.75) is 19.0 Å². The minimum Gasteiger partial charge on any atom is -0.329 e. The number of aromatic nitrogens is 2. The van der Waals surface area contributed by atoms with Gasteiger partial charge in [-0.1, -0.05) is 5.16 Å². The van der Waals surface area contributed by atoms with Crippen LogP contribution in [0, 0.1) is 11.6 Å². The third kappa shape index (κ3) is 2.76. The lowest BCUT2D eigenvalue weighted by Gasteiger charge is -2.17. The van der Waals surface area contributed by atoms with Crippen molar-refractivity contribution in [1.82, 2.24) is 10.1 Å². The normalized spacial score (nSPS) is 15.5. The zero-order chi connectivity index (χ0) is 16.8. The maximum atomic E-state index is 14.1. The zero-order valence-electron chi connectivity index (χ0n) is 11.3. The second-order valence-corrected chi connectivity index (χ2v) is 4.85. The molecule has 1 fully saturated rings. The Balaban J connectivity index is 2.00. The molecular weight excluding hydrogens is 325 g/mol. The molecule has 122 valence electrons. The van der Waals surface area contributed by atoms with Crippen LogP contribution >= 0.6 is 0 Å². The van der Waals surface area contributed by atoms with Crippen molar-refractivity contribution in [2.75, 3.05) is 11.4 Å². The Kier molecular flexibility index (Phi) is 3.53. The van der Waals surface area contributed by atoms with Crippen LogP contribution in [0.4, 0.5) is 27.6 Å². The molecule has 1 amide bonds. The van der Waals surface area contributed by atoms with Crippen LogP contribution in [0.25, 0.3) is 11.4 Å². The third-order valence-electron chi connectivity index (χ3n) is 3.31. The molecule has 1 aromatic carbocycles. The molecule has 23 heavy (non-hydrogen) atoms. The number of alkyl halides is 3. The van der Waals surface area contributed by atoms with Gasteiger partial charge < -0.3 is 9.42 Å². The van der Waals surface area contributed by atoms with Crippen LogP contribution in [-0.4, -0.2) is 22.6 Å². The summed E-state index contributed by atoms with van der Waals surface area (Å²) in [5.74, 6) is -4.76. The van der Waals surface area contributed by atoms with Gasteiger partial charge >= 0.3 is 12.1 Å². The Morgan fingerprint density at radius 3 is 2.48 bits per heavy atom. The SMILES string of the molecule is O=C1CCCN1c1cc(F)c(-c2noc(C(F)(F)F)n2)cc1F. The molecule has 10 heteroatoms. The number of halogens is 5. The molecule has 0 spiro atoms. The van der Waals surface area contributed by atoms with Crippen LogP contribution in [0.2, 0.25) is 0 Å². The number of amides is 1. The number of hydrogen-bond donors (Lipinski definition) is 0. The van der Waals surface area contributed by atoms with Gasteiger partial charge in [0.2, 0.25) is 11.7 Å². The van der Waals surface area contributed by atoms with Gasteiger partial charge in [0, 0.05) is 19.0 Å². The fourth-order valence-corrected chi connectivity index (χ4v) is 2.27. The molecule has 2 aromatic rings. The number of carbonyl (C=O) groups excluding carboxylic acids is 1. The lowest BCUT2D eigenvalue weighted by molar-refractivity contribution is -0.159. The van der Waals surface area contributed by atoms with E-state index in [1.807, 2.05) is 0 Å². The lowest BCUT2D eigenvalue weighted by Crippen LogP contribution is -2.25. The van der Waals surface area contributed by atoms with Gasteiger partial charge in [-0.05, 0) is 12.5 Å². The molecule has 1 aromatic heterocycles. The second kappa shape index (κ2) is 5.28. The molecule has 0 saturated carbocycles. The summed E-state index contributed by atoms with van der Waals surface area (Å²) in [4.78, 5) is 15.7. The van der Waals surface area contributed by atoms with Gasteiger partial charge in [0.1, 0.15) is 11.6 Å². The second-order valence-electron chi connectivity index (χ2n) is 4.85. The summed E-state index contributed by atoms with van der Waals surface area (Å²) in [5, 5.41) is 3.00. The molecule has 0 N–H and O–H groups in total. The highest BCUT2D eigenvalue weighted by molar-refractivity contribution is 5.95. The van der Waals surface area contributed by atoms with Crippen LogP contribution in [0.1, 0.15) is 18.7 Å². The fourth-order valence-electron chi connectivity index (χ4n) is 2.27. The first-order valence-electron chi connectivity index (χ1n) is 6.48. The van der Waals surface area contributed by atoms with Crippen LogP contribution in [0.15, 0.2) is 16.7 Å². The summed E-state index contributed by atoms with van der Waals surface area (Å²) in [6.07, 6.45) is -4.15. The van der Waals surface area contributed by atoms with Crippen LogP contribution < -0.4 is 4.90 Å². The zero-order valence-corrected chi connectivity index (χ0v) is 11.3. The minimum atomic E-state index is -4.89. The van der Waals surface area contributed by atoms with E-state index in [1.165, 1.54) is 0 Å². The highest BCUT2D eigenvalue weighted by Crippen LogP contribution is 2.33. The standard InChI is InChI=1S/C13H8F5N3O2/c14-7-5-9(21-3-1-2-10(21)22)8(15)4-6(7)11-19-12(23-20-11)13(16,17)18/h4-5H,1-3H2. The Labute approximate surface area is 125 Å². The molecule has 0 radical (unpaired) electrons. The van der Waals surface area contributed by atoms with Crippen molar-refractivity contribution in [3.8, 4) is 11.4 Å². The van der Waals surface area contributed by atoms with E-state index in [0.29, 0.717) is 12.5 Å². The maximum Gasteiger partial charge on any atom is 0.471 e. The maximum absolute atomic E-state index is 14.1. The molecular formula is C13H8F5N3O2. The van der Waals surface area contributed by atoms with Crippen molar-refractivity contribution in [2.24, 2.45) is 0 Å². The van der Waals surface area contributed by atoms with Gasteiger partial charge in [-0.3, -0.25) is 4.79 Å². The van der Waals surface area contributed by atoms with Crippen molar-refractivity contribution < 1.29 is 31.3 Å². The van der Waals surface area contributed by atoms with E-state index in [0.717, 1.165) is 11.0 Å². The summed E-state index contributed by atoms with van der Waals surface area (Å²) in [5.41, 5.74) is -0.856. The highest BCUT2D eigenvalue weighted by atomic mass is 19.4. The summed E-state index contributed by atoms with van der Waals surface area (Å²) in [6.45, 7) is 0.245. The molecule has 0 atom stereocenters. The topological polar surface area (TPSA) is 59.2 Å². The van der Waals surface area contributed by atoms with E-state index in [4.69, 9.17) is 0 Å². The van der Waals surface area contributed by atoms with Crippen molar-refractivity contribution >= 4 is 11.6 Å². The van der Waals surface area contributed by atoms with E-state index < -0.39 is 35.1 Å². The number of rotatable bonds is 2. The number of hydrogen-bond acceptors (Lipinski definition) is 4. The third-order valence-corrected chi connectivity index (χ3v) is 3.31. The Morgan fingerprint density at radius 2 is 1.91 bits per heavy atom. The number of nitrogens with zero attached hydrogens (tertiary/aromatic N) is 3. The number of anilines is 1. The summed E-state index contributed by atoms with van der Waals surface area (Å²) in [6, 6.07) is 1.37. The van der Waals surface area contributed by atoms with Gasteiger partial charge in [-0.25, -0.2) is 8.78 Å². The smallest absolute Gasteiger partial charge is 0.329 e. The molecule has 2 heterocycles. The summed E-state index contributed by atoms with van der Waals surface area (Å²) < 4.78 is 69.4. The lowest BCUT2D eigenvalue weighted by atomic mass is 10.1. The van der Waals surface area contributed by atoms with Gasteiger partial charge in [0.05, 0.1) is 11.3 Å². The van der Waals surface area contributed by atoms with E-state index in [9.17, 15) is 26.7 Å². The minimum absolute atomic E-state index is 0.225. The average Bonchev–Trinajstić information content (AvgIpc) is 3.09. The average molecular weight is 333 g/mol. The van der Waals surface area contributed by atoms with E-state index in [1.54, 1.807) is 0 Å². The van der Waals surface area contributed by atoms with Crippen LogP contribution in [0.5, 0.6) is 0 Å². The van der Waals surface area contributed by atoms with E-state index >= 15 is 0 Å². The van der Waals surface area contributed by atoms with Crippen molar-refractivity contribution in [3.63, 3.8) is 0 Å². The molecule has 1 saturated heterocycles.